The van der Waals surface area contributed by atoms with Gasteiger partial charge in [0.2, 0.25) is 5.91 Å². The van der Waals surface area contributed by atoms with Crippen LogP contribution in [0.25, 0.3) is 0 Å². The summed E-state index contributed by atoms with van der Waals surface area (Å²) in [6, 6.07) is 14.4. The number of carbonyl (C=O) groups excluding carboxylic acids is 3. The Labute approximate surface area is 190 Å². The highest BCUT2D eigenvalue weighted by molar-refractivity contribution is 6.07. The van der Waals surface area contributed by atoms with Gasteiger partial charge in [0.05, 0.1) is 11.4 Å². The van der Waals surface area contributed by atoms with Gasteiger partial charge in [-0.2, -0.15) is 0 Å². The Hall–Kier alpha value is -3.35. The smallest absolute Gasteiger partial charge is 0.410 e. The Morgan fingerprint density at radius 2 is 1.38 bits per heavy atom. The minimum atomic E-state index is -0.649. The standard InChI is InChI=1S/C25H33N3O4/c1-24(2,3)18-14-12-17(13-15-18)22(30)27-20-11-9-8-10-19(20)26-21(29)16-28(7)23(31)32-25(4,5)6/h8-15H,16H2,1-7H3,(H,26,29)(H,27,30). The van der Waals surface area contributed by atoms with Gasteiger partial charge < -0.3 is 20.3 Å². The minimum absolute atomic E-state index is 0.00163. The molecule has 0 unspecified atom stereocenters. The van der Waals surface area contributed by atoms with Gasteiger partial charge in [0.15, 0.2) is 0 Å². The second-order valence-electron chi connectivity index (χ2n) is 9.71. The molecule has 0 atom stereocenters. The number of nitrogens with zero attached hydrogens (tertiary/aromatic N) is 1. The molecule has 0 bridgehead atoms. The highest BCUT2D eigenvalue weighted by atomic mass is 16.6. The van der Waals surface area contributed by atoms with Crippen molar-refractivity contribution in [1.29, 1.82) is 0 Å². The number of nitrogens with one attached hydrogen (secondary N) is 2. The topological polar surface area (TPSA) is 87.7 Å². The molecule has 0 spiro atoms. The van der Waals surface area contributed by atoms with Crippen LogP contribution >= 0.6 is 0 Å². The Kier molecular flexibility index (Phi) is 7.67. The number of para-hydroxylation sites is 2. The van der Waals surface area contributed by atoms with Crippen LogP contribution in [0.15, 0.2) is 48.5 Å². The molecule has 7 nitrogen and oxygen atoms in total. The average molecular weight is 440 g/mol. The highest BCUT2D eigenvalue weighted by Crippen LogP contribution is 2.24. The molecule has 0 radical (unpaired) electrons. The quantitative estimate of drug-likeness (QED) is 0.683. The zero-order chi connectivity index (χ0) is 24.1. The van der Waals surface area contributed by atoms with Crippen molar-refractivity contribution in [2.75, 3.05) is 24.2 Å². The van der Waals surface area contributed by atoms with Gasteiger partial charge in [0, 0.05) is 12.6 Å². The summed E-state index contributed by atoms with van der Waals surface area (Å²) in [5.41, 5.74) is 1.90. The van der Waals surface area contributed by atoms with Gasteiger partial charge >= 0.3 is 6.09 Å². The van der Waals surface area contributed by atoms with E-state index in [1.807, 2.05) is 12.1 Å². The van der Waals surface area contributed by atoms with E-state index in [1.54, 1.807) is 57.2 Å². The lowest BCUT2D eigenvalue weighted by Crippen LogP contribution is -2.38. The fourth-order valence-corrected chi connectivity index (χ4v) is 2.83. The molecular formula is C25H33N3O4. The van der Waals surface area contributed by atoms with Gasteiger partial charge in [-0.05, 0) is 56.0 Å². The van der Waals surface area contributed by atoms with E-state index in [-0.39, 0.29) is 17.9 Å². The number of rotatable bonds is 5. The van der Waals surface area contributed by atoms with Crippen molar-refractivity contribution in [2.45, 2.75) is 52.6 Å². The lowest BCUT2D eigenvalue weighted by atomic mass is 9.87. The Balaban J connectivity index is 2.05. The molecule has 0 saturated carbocycles. The van der Waals surface area contributed by atoms with Crippen molar-refractivity contribution in [1.82, 2.24) is 4.90 Å². The van der Waals surface area contributed by atoms with E-state index < -0.39 is 17.6 Å². The monoisotopic (exact) mass is 439 g/mol. The number of ether oxygens (including phenoxy) is 1. The third kappa shape index (κ3) is 7.41. The number of anilines is 2. The summed E-state index contributed by atoms with van der Waals surface area (Å²) in [6.07, 6.45) is -0.590. The molecule has 0 fully saturated rings. The van der Waals surface area contributed by atoms with Gasteiger partial charge in [-0.1, -0.05) is 45.0 Å². The van der Waals surface area contributed by atoms with Crippen LogP contribution in [0.5, 0.6) is 0 Å². The maximum atomic E-state index is 12.7. The van der Waals surface area contributed by atoms with Gasteiger partial charge in [-0.15, -0.1) is 0 Å². The maximum Gasteiger partial charge on any atom is 0.410 e. The van der Waals surface area contributed by atoms with Crippen molar-refractivity contribution >= 4 is 29.3 Å². The first-order chi connectivity index (χ1) is 14.8. The first-order valence-corrected chi connectivity index (χ1v) is 10.5. The molecule has 2 N–H and O–H groups in total. The van der Waals surface area contributed by atoms with Crippen LogP contribution in [0.2, 0.25) is 0 Å². The summed E-state index contributed by atoms with van der Waals surface area (Å²) >= 11 is 0. The lowest BCUT2D eigenvalue weighted by molar-refractivity contribution is -0.117. The molecule has 32 heavy (non-hydrogen) atoms. The first-order valence-electron chi connectivity index (χ1n) is 10.5. The molecule has 2 aromatic carbocycles. The molecule has 0 aromatic heterocycles. The van der Waals surface area contributed by atoms with Crippen LogP contribution in [0, 0.1) is 0 Å². The normalized spacial score (nSPS) is 11.5. The molecular weight excluding hydrogens is 406 g/mol. The first kappa shape index (κ1) is 24.9. The van der Waals surface area contributed by atoms with E-state index >= 15 is 0 Å². The Morgan fingerprint density at radius 3 is 1.88 bits per heavy atom. The molecule has 2 aromatic rings. The molecule has 172 valence electrons. The lowest BCUT2D eigenvalue weighted by Gasteiger charge is -2.24. The summed E-state index contributed by atoms with van der Waals surface area (Å²) in [5, 5.41) is 5.58. The van der Waals surface area contributed by atoms with Gasteiger partial charge in [0.1, 0.15) is 12.1 Å². The summed E-state index contributed by atoms with van der Waals surface area (Å²) < 4.78 is 5.26. The number of likely N-dealkylation sites (N-methyl/N-ethyl adjacent to an activating group) is 1. The van der Waals surface area contributed by atoms with E-state index in [0.717, 1.165) is 5.56 Å². The van der Waals surface area contributed by atoms with Crippen molar-refractivity contribution < 1.29 is 19.1 Å². The third-order valence-electron chi connectivity index (χ3n) is 4.55. The van der Waals surface area contributed by atoms with Crippen LogP contribution in [-0.4, -0.2) is 42.0 Å². The minimum Gasteiger partial charge on any atom is -0.444 e. The largest absolute Gasteiger partial charge is 0.444 e. The van der Waals surface area contributed by atoms with E-state index in [2.05, 4.69) is 31.4 Å². The summed E-state index contributed by atoms with van der Waals surface area (Å²) in [5.74, 6) is -0.687. The predicted octanol–water partition coefficient (Wildman–Crippen LogP) is 5.04. The summed E-state index contributed by atoms with van der Waals surface area (Å²) in [4.78, 5) is 38.4. The number of hydrogen-bond acceptors (Lipinski definition) is 4. The van der Waals surface area contributed by atoms with Crippen LogP contribution in [0.3, 0.4) is 0 Å². The van der Waals surface area contributed by atoms with Gasteiger partial charge in [0.25, 0.3) is 5.91 Å². The second-order valence-corrected chi connectivity index (χ2v) is 9.71. The predicted molar refractivity (Wildman–Crippen MR) is 127 cm³/mol. The fraction of sp³-hybridized carbons (Fsp3) is 0.400. The van der Waals surface area contributed by atoms with Gasteiger partial charge in [-0.25, -0.2) is 4.79 Å². The summed E-state index contributed by atoms with van der Waals surface area (Å²) in [6.45, 7) is 11.4. The molecule has 0 aliphatic rings. The Bertz CT molecular complexity index is 970. The van der Waals surface area contributed by atoms with Crippen molar-refractivity contribution in [3.8, 4) is 0 Å². The fourth-order valence-electron chi connectivity index (χ4n) is 2.83. The van der Waals surface area contributed by atoms with Crippen molar-refractivity contribution in [2.24, 2.45) is 0 Å². The van der Waals surface area contributed by atoms with Crippen LogP contribution in [-0.2, 0) is 14.9 Å². The second kappa shape index (κ2) is 9.85. The van der Waals surface area contributed by atoms with Crippen molar-refractivity contribution in [3.63, 3.8) is 0 Å². The zero-order valence-electron chi connectivity index (χ0n) is 19.9. The number of hydrogen-bond donors (Lipinski definition) is 2. The third-order valence-corrected chi connectivity index (χ3v) is 4.55. The van der Waals surface area contributed by atoms with E-state index in [9.17, 15) is 14.4 Å². The van der Waals surface area contributed by atoms with Crippen LogP contribution < -0.4 is 10.6 Å². The van der Waals surface area contributed by atoms with E-state index in [1.165, 1.54) is 11.9 Å². The molecule has 2 rings (SSSR count). The van der Waals surface area contributed by atoms with Crippen molar-refractivity contribution in [3.05, 3.63) is 59.7 Å². The Morgan fingerprint density at radius 1 is 0.844 bits per heavy atom. The average Bonchev–Trinajstić information content (AvgIpc) is 2.67. The SMILES string of the molecule is CN(CC(=O)Nc1ccccc1NC(=O)c1ccc(C(C)(C)C)cc1)C(=O)OC(C)(C)C. The summed E-state index contributed by atoms with van der Waals surface area (Å²) in [7, 11) is 1.49. The molecule has 0 aliphatic heterocycles. The van der Waals surface area contributed by atoms with Crippen LogP contribution in [0.4, 0.5) is 16.2 Å². The number of amides is 3. The number of benzene rings is 2. The number of carbonyl (C=O) groups is 3. The molecule has 0 saturated heterocycles. The molecule has 3 amide bonds. The highest BCUT2D eigenvalue weighted by Gasteiger charge is 2.21. The molecule has 0 heterocycles. The molecule has 7 heteroatoms. The van der Waals surface area contributed by atoms with E-state index in [0.29, 0.717) is 16.9 Å². The van der Waals surface area contributed by atoms with Crippen LogP contribution in [0.1, 0.15) is 57.5 Å². The van der Waals surface area contributed by atoms with E-state index in [4.69, 9.17) is 4.74 Å². The van der Waals surface area contributed by atoms with Gasteiger partial charge in [-0.3, -0.25) is 9.59 Å². The molecule has 0 aliphatic carbocycles. The zero-order valence-corrected chi connectivity index (χ0v) is 19.9. The maximum absolute atomic E-state index is 12.7.